The maximum absolute atomic E-state index is 14.0. The molecule has 0 radical (unpaired) electrons. The Bertz CT molecular complexity index is 845. The predicted octanol–water partition coefficient (Wildman–Crippen LogP) is 4.24. The van der Waals surface area contributed by atoms with Gasteiger partial charge in [0.2, 0.25) is 0 Å². The van der Waals surface area contributed by atoms with Crippen LogP contribution in [0.3, 0.4) is 0 Å². The Balaban J connectivity index is 2.17. The summed E-state index contributed by atoms with van der Waals surface area (Å²) in [7, 11) is 3.09. The first-order chi connectivity index (χ1) is 13.0. The molecule has 7 heteroatoms. The molecular weight excluding hydrogens is 417 g/mol. The number of rotatable bonds is 6. The fourth-order valence-corrected chi connectivity index (χ4v) is 4.21. The van der Waals surface area contributed by atoms with Gasteiger partial charge in [0.25, 0.3) is 0 Å². The lowest BCUT2D eigenvalue weighted by Gasteiger charge is -2.33. The van der Waals surface area contributed by atoms with Crippen LogP contribution in [0.5, 0.6) is 11.5 Å². The molecule has 0 aliphatic carbocycles. The second kappa shape index (κ2) is 8.27. The number of carbonyl (C=O) groups is 1. The van der Waals surface area contributed by atoms with Gasteiger partial charge in [-0.1, -0.05) is 28.1 Å². The molecule has 1 fully saturated rings. The quantitative estimate of drug-likeness (QED) is 0.731. The van der Waals surface area contributed by atoms with Crippen LogP contribution in [0.1, 0.15) is 30.0 Å². The van der Waals surface area contributed by atoms with E-state index in [4.69, 9.17) is 9.47 Å². The number of carboxylic acids is 1. The number of halogens is 2. The fourth-order valence-electron chi connectivity index (χ4n) is 3.67. The van der Waals surface area contributed by atoms with E-state index in [0.717, 1.165) is 16.5 Å². The van der Waals surface area contributed by atoms with Crippen molar-refractivity contribution in [2.24, 2.45) is 0 Å². The van der Waals surface area contributed by atoms with Gasteiger partial charge in [0.05, 0.1) is 20.3 Å². The molecule has 2 aromatic rings. The summed E-state index contributed by atoms with van der Waals surface area (Å²) in [5, 5.41) is 9.66. The van der Waals surface area contributed by atoms with Crippen LogP contribution in [0.4, 0.5) is 4.39 Å². The summed E-state index contributed by atoms with van der Waals surface area (Å²) in [6, 6.07) is 8.82. The maximum Gasteiger partial charge on any atom is 0.320 e. The van der Waals surface area contributed by atoms with Crippen molar-refractivity contribution in [1.29, 1.82) is 0 Å². The Morgan fingerprint density at radius 3 is 2.59 bits per heavy atom. The van der Waals surface area contributed by atoms with Gasteiger partial charge in [-0.3, -0.25) is 9.69 Å². The molecule has 1 heterocycles. The summed E-state index contributed by atoms with van der Waals surface area (Å²) in [5.74, 6) is -0.142. The minimum atomic E-state index is -0.870. The van der Waals surface area contributed by atoms with Gasteiger partial charge in [0, 0.05) is 11.0 Å². The van der Waals surface area contributed by atoms with Crippen molar-refractivity contribution in [3.8, 4) is 11.5 Å². The molecule has 2 aromatic carbocycles. The Hall–Kier alpha value is -2.12. The van der Waals surface area contributed by atoms with E-state index >= 15 is 0 Å². The van der Waals surface area contributed by atoms with Crippen LogP contribution in [-0.2, 0) is 4.79 Å². The first-order valence-electron chi connectivity index (χ1n) is 8.61. The van der Waals surface area contributed by atoms with E-state index in [9.17, 15) is 14.3 Å². The first kappa shape index (κ1) is 19.6. The number of nitrogens with zero attached hydrogens (tertiary/aromatic N) is 1. The Morgan fingerprint density at radius 2 is 1.96 bits per heavy atom. The zero-order valence-corrected chi connectivity index (χ0v) is 16.7. The Labute approximate surface area is 165 Å². The number of aliphatic carboxylic acids is 1. The second-order valence-electron chi connectivity index (χ2n) is 6.42. The first-order valence-corrected chi connectivity index (χ1v) is 9.41. The SMILES string of the molecule is COc1cc(Br)c(C(c2cccc(F)c2)N2CCCC2C(=O)O)cc1OC. The van der Waals surface area contributed by atoms with E-state index in [1.54, 1.807) is 26.4 Å². The van der Waals surface area contributed by atoms with Crippen LogP contribution in [0.25, 0.3) is 0 Å². The highest BCUT2D eigenvalue weighted by Gasteiger charge is 2.38. The van der Waals surface area contributed by atoms with Crippen molar-refractivity contribution >= 4 is 21.9 Å². The third-order valence-electron chi connectivity index (χ3n) is 4.87. The topological polar surface area (TPSA) is 59.0 Å². The maximum atomic E-state index is 14.0. The summed E-state index contributed by atoms with van der Waals surface area (Å²) in [6.07, 6.45) is 1.33. The Morgan fingerprint density at radius 1 is 1.26 bits per heavy atom. The lowest BCUT2D eigenvalue weighted by molar-refractivity contribution is -0.142. The molecule has 3 rings (SSSR count). The number of benzene rings is 2. The summed E-state index contributed by atoms with van der Waals surface area (Å²) in [4.78, 5) is 13.7. The summed E-state index contributed by atoms with van der Waals surface area (Å²) < 4.78 is 25.5. The lowest BCUT2D eigenvalue weighted by atomic mass is 9.95. The molecule has 0 aromatic heterocycles. The van der Waals surface area contributed by atoms with E-state index in [0.29, 0.717) is 30.0 Å². The van der Waals surface area contributed by atoms with Crippen LogP contribution in [0.2, 0.25) is 0 Å². The van der Waals surface area contributed by atoms with E-state index in [1.807, 2.05) is 17.0 Å². The summed E-state index contributed by atoms with van der Waals surface area (Å²) in [6.45, 7) is 0.610. The zero-order chi connectivity index (χ0) is 19.6. The number of hydrogen-bond donors (Lipinski definition) is 1. The van der Waals surface area contributed by atoms with Crippen molar-refractivity contribution in [3.05, 3.63) is 57.8 Å². The van der Waals surface area contributed by atoms with Crippen molar-refractivity contribution in [1.82, 2.24) is 4.90 Å². The minimum Gasteiger partial charge on any atom is -0.493 e. The van der Waals surface area contributed by atoms with Gasteiger partial charge in [0.15, 0.2) is 11.5 Å². The summed E-state index contributed by atoms with van der Waals surface area (Å²) in [5.41, 5.74) is 1.49. The number of carboxylic acid groups (broad SMARTS) is 1. The normalized spacial score (nSPS) is 18.3. The average Bonchev–Trinajstić information content (AvgIpc) is 3.12. The fraction of sp³-hybridized carbons (Fsp3) is 0.350. The number of hydrogen-bond acceptors (Lipinski definition) is 4. The van der Waals surface area contributed by atoms with Gasteiger partial charge < -0.3 is 14.6 Å². The van der Waals surface area contributed by atoms with Crippen molar-refractivity contribution in [2.45, 2.75) is 24.9 Å². The van der Waals surface area contributed by atoms with Gasteiger partial charge in [0.1, 0.15) is 11.9 Å². The molecule has 0 amide bonds. The van der Waals surface area contributed by atoms with E-state index in [1.165, 1.54) is 12.1 Å². The van der Waals surface area contributed by atoms with Crippen LogP contribution < -0.4 is 9.47 Å². The van der Waals surface area contributed by atoms with Crippen LogP contribution in [0, 0.1) is 5.82 Å². The van der Waals surface area contributed by atoms with Crippen LogP contribution in [0.15, 0.2) is 40.9 Å². The number of methoxy groups -OCH3 is 2. The van der Waals surface area contributed by atoms with Crippen molar-refractivity contribution in [2.75, 3.05) is 20.8 Å². The van der Waals surface area contributed by atoms with Crippen LogP contribution in [-0.4, -0.2) is 42.8 Å². The van der Waals surface area contributed by atoms with Gasteiger partial charge in [-0.15, -0.1) is 0 Å². The minimum absolute atomic E-state index is 0.361. The van der Waals surface area contributed by atoms with Gasteiger partial charge in [-0.2, -0.15) is 0 Å². The monoisotopic (exact) mass is 437 g/mol. The van der Waals surface area contributed by atoms with E-state index in [2.05, 4.69) is 15.9 Å². The summed E-state index contributed by atoms with van der Waals surface area (Å²) >= 11 is 3.57. The highest BCUT2D eigenvalue weighted by molar-refractivity contribution is 9.10. The highest BCUT2D eigenvalue weighted by Crippen LogP contribution is 2.42. The van der Waals surface area contributed by atoms with Crippen molar-refractivity contribution < 1.29 is 23.8 Å². The highest BCUT2D eigenvalue weighted by atomic mass is 79.9. The molecule has 0 spiro atoms. The van der Waals surface area contributed by atoms with E-state index in [-0.39, 0.29) is 5.82 Å². The molecule has 2 unspecified atom stereocenters. The zero-order valence-electron chi connectivity index (χ0n) is 15.1. The lowest BCUT2D eigenvalue weighted by Crippen LogP contribution is -2.39. The standard InChI is InChI=1S/C20H21BrFNO4/c1-26-17-10-14(15(21)11-18(17)27-2)19(12-5-3-6-13(22)9-12)23-8-4-7-16(23)20(24)25/h3,5-6,9-11,16,19H,4,7-8H2,1-2H3,(H,24,25). The third-order valence-corrected chi connectivity index (χ3v) is 5.56. The van der Waals surface area contributed by atoms with E-state index < -0.39 is 18.1 Å². The molecule has 1 saturated heterocycles. The van der Waals surface area contributed by atoms with Gasteiger partial charge in [-0.05, 0) is 48.2 Å². The molecule has 0 saturated carbocycles. The molecular formula is C20H21BrFNO4. The third kappa shape index (κ3) is 3.94. The molecule has 2 atom stereocenters. The molecule has 144 valence electrons. The molecule has 1 aliphatic heterocycles. The number of ether oxygens (including phenoxy) is 2. The number of likely N-dealkylation sites (tertiary alicyclic amines) is 1. The second-order valence-corrected chi connectivity index (χ2v) is 7.27. The molecule has 5 nitrogen and oxygen atoms in total. The smallest absolute Gasteiger partial charge is 0.320 e. The van der Waals surface area contributed by atoms with Crippen molar-refractivity contribution in [3.63, 3.8) is 0 Å². The van der Waals surface area contributed by atoms with Gasteiger partial charge in [-0.25, -0.2) is 4.39 Å². The average molecular weight is 438 g/mol. The molecule has 1 aliphatic rings. The largest absolute Gasteiger partial charge is 0.493 e. The molecule has 0 bridgehead atoms. The molecule has 27 heavy (non-hydrogen) atoms. The predicted molar refractivity (Wildman–Crippen MR) is 103 cm³/mol. The van der Waals surface area contributed by atoms with Gasteiger partial charge >= 0.3 is 5.97 Å². The molecule has 1 N–H and O–H groups in total. The van der Waals surface area contributed by atoms with Crippen LogP contribution >= 0.6 is 15.9 Å². The Kier molecular flexibility index (Phi) is 6.01.